The van der Waals surface area contributed by atoms with Crippen molar-refractivity contribution >= 4 is 33.2 Å². The molecule has 1 aromatic carbocycles. The summed E-state index contributed by atoms with van der Waals surface area (Å²) in [7, 11) is 0. The molecule has 9 heteroatoms. The molecule has 2 N–H and O–H groups in total. The van der Waals surface area contributed by atoms with Gasteiger partial charge in [-0.05, 0) is 18.2 Å². The number of nitrogens with one attached hydrogen (secondary N) is 2. The predicted octanol–water partition coefficient (Wildman–Crippen LogP) is 3.15. The summed E-state index contributed by atoms with van der Waals surface area (Å²) < 4.78 is 39.0. The molecule has 0 spiro atoms. The molecule has 1 aromatic heterocycles. The molecule has 0 fully saturated rings. The van der Waals surface area contributed by atoms with Crippen molar-refractivity contribution in [3.63, 3.8) is 0 Å². The van der Waals surface area contributed by atoms with Crippen LogP contribution in [0.1, 0.15) is 21.6 Å². The lowest BCUT2D eigenvalue weighted by Crippen LogP contribution is -2.26. The van der Waals surface area contributed by atoms with E-state index < -0.39 is 23.2 Å². The van der Waals surface area contributed by atoms with Crippen LogP contribution < -0.4 is 10.2 Å². The lowest BCUT2D eigenvalue weighted by Gasteiger charge is -2.13. The lowest BCUT2D eigenvalue weighted by molar-refractivity contribution is -0.138. The smallest absolute Gasteiger partial charge is 0.346 e. The lowest BCUT2D eigenvalue weighted by atomic mass is 10.1. The third-order valence-corrected chi connectivity index (χ3v) is 3.75. The second-order valence-corrected chi connectivity index (χ2v) is 5.80. The molecule has 1 heterocycles. The molecule has 0 radical (unpaired) electrons. The maximum Gasteiger partial charge on any atom is 0.417 e. The van der Waals surface area contributed by atoms with Gasteiger partial charge >= 0.3 is 11.0 Å². The molecule has 0 bridgehead atoms. The van der Waals surface area contributed by atoms with E-state index in [1.165, 1.54) is 11.4 Å². The summed E-state index contributed by atoms with van der Waals surface area (Å²) in [5.74, 6) is -0.859. The fourth-order valence-electron chi connectivity index (χ4n) is 1.62. The Hall–Kier alpha value is -1.61. The van der Waals surface area contributed by atoms with E-state index in [1.54, 1.807) is 0 Å². The average Bonchev–Trinajstić information content (AvgIpc) is 2.81. The first kappa shape index (κ1) is 15.8. The molecule has 0 aliphatic heterocycles. The van der Waals surface area contributed by atoms with Gasteiger partial charge in [0.25, 0.3) is 5.91 Å². The van der Waals surface area contributed by atoms with Gasteiger partial charge in [0.2, 0.25) is 0 Å². The molecule has 2 rings (SSSR count). The number of alkyl halides is 3. The minimum absolute atomic E-state index is 0.0507. The average molecular weight is 381 g/mol. The van der Waals surface area contributed by atoms with Gasteiger partial charge < -0.3 is 10.3 Å². The largest absolute Gasteiger partial charge is 0.417 e. The van der Waals surface area contributed by atoms with Crippen molar-refractivity contribution < 1.29 is 18.0 Å². The third kappa shape index (κ3) is 3.94. The van der Waals surface area contributed by atoms with Gasteiger partial charge in [0, 0.05) is 15.5 Å². The van der Waals surface area contributed by atoms with Gasteiger partial charge in [-0.1, -0.05) is 27.3 Å². The van der Waals surface area contributed by atoms with Crippen molar-refractivity contribution in [2.75, 3.05) is 0 Å². The highest BCUT2D eigenvalue weighted by Gasteiger charge is 2.35. The van der Waals surface area contributed by atoms with Gasteiger partial charge in [0.05, 0.1) is 17.7 Å². The number of thiazole rings is 1. The number of rotatable bonds is 3. The van der Waals surface area contributed by atoms with Crippen molar-refractivity contribution in [3.05, 3.63) is 54.5 Å². The Balaban J connectivity index is 2.21. The summed E-state index contributed by atoms with van der Waals surface area (Å²) in [6.07, 6.45) is -4.63. The van der Waals surface area contributed by atoms with Crippen LogP contribution >= 0.6 is 27.3 Å². The molecule has 0 saturated carbocycles. The van der Waals surface area contributed by atoms with Gasteiger partial charge in [-0.15, -0.1) is 0 Å². The number of H-pyrrole nitrogens is 1. The monoisotopic (exact) mass is 380 g/mol. The van der Waals surface area contributed by atoms with Crippen molar-refractivity contribution in [3.8, 4) is 0 Å². The molecule has 112 valence electrons. The number of aromatic nitrogens is 1. The number of hydrogen-bond acceptors (Lipinski definition) is 3. The van der Waals surface area contributed by atoms with E-state index in [-0.39, 0.29) is 15.9 Å². The molecule has 0 atom stereocenters. The van der Waals surface area contributed by atoms with Crippen molar-refractivity contribution in [1.29, 1.82) is 0 Å². The minimum Gasteiger partial charge on any atom is -0.346 e. The zero-order chi connectivity index (χ0) is 15.6. The first-order chi connectivity index (χ1) is 9.77. The second kappa shape index (κ2) is 6.02. The molecule has 2 aromatic rings. The van der Waals surface area contributed by atoms with Crippen LogP contribution in [0.25, 0.3) is 0 Å². The van der Waals surface area contributed by atoms with Crippen LogP contribution in [-0.2, 0) is 12.7 Å². The zero-order valence-corrected chi connectivity index (χ0v) is 12.7. The number of halogens is 4. The van der Waals surface area contributed by atoms with Crippen LogP contribution in [-0.4, -0.2) is 10.9 Å². The van der Waals surface area contributed by atoms with Crippen molar-refractivity contribution in [1.82, 2.24) is 10.3 Å². The standard InChI is InChI=1S/C12H8BrF3N2O2S/c13-6-1-2-8(9(3-6)12(14,15)16)10(19)17-4-7-5-21-11(20)18-7/h1-3,5H,4H2,(H,17,19)(H,18,20). The number of amides is 1. The summed E-state index contributed by atoms with van der Waals surface area (Å²) in [5.41, 5.74) is -1.06. The van der Waals surface area contributed by atoms with E-state index in [9.17, 15) is 22.8 Å². The number of benzene rings is 1. The summed E-state index contributed by atoms with van der Waals surface area (Å²) in [4.78, 5) is 25.0. The van der Waals surface area contributed by atoms with Gasteiger partial charge in [0.15, 0.2) is 0 Å². The normalized spacial score (nSPS) is 11.4. The Morgan fingerprint density at radius 1 is 1.38 bits per heavy atom. The molecule has 0 aliphatic rings. The van der Waals surface area contributed by atoms with Crippen LogP contribution in [0.4, 0.5) is 13.2 Å². The fourth-order valence-corrected chi connectivity index (χ4v) is 2.56. The molecule has 4 nitrogen and oxygen atoms in total. The molecular formula is C12H8BrF3N2O2S. The highest BCUT2D eigenvalue weighted by Crippen LogP contribution is 2.33. The molecule has 0 aliphatic carbocycles. The SMILES string of the molecule is O=C(NCc1csc(=O)[nH]1)c1ccc(Br)cc1C(F)(F)F. The summed E-state index contributed by atoms with van der Waals surface area (Å²) in [6, 6.07) is 3.30. The van der Waals surface area contributed by atoms with E-state index in [1.807, 2.05) is 0 Å². The molecule has 0 unspecified atom stereocenters. The predicted molar refractivity (Wildman–Crippen MR) is 75.3 cm³/mol. The van der Waals surface area contributed by atoms with Gasteiger partial charge in [-0.3, -0.25) is 9.59 Å². The van der Waals surface area contributed by atoms with Gasteiger partial charge in [-0.25, -0.2) is 0 Å². The number of hydrogen-bond donors (Lipinski definition) is 2. The van der Waals surface area contributed by atoms with Crippen LogP contribution in [0.2, 0.25) is 0 Å². The summed E-state index contributed by atoms with van der Waals surface area (Å²) >= 11 is 3.86. The minimum atomic E-state index is -4.63. The Bertz CT molecular complexity index is 724. The Kier molecular flexibility index (Phi) is 4.52. The molecule has 21 heavy (non-hydrogen) atoms. The Morgan fingerprint density at radius 3 is 2.67 bits per heavy atom. The number of carbonyl (C=O) groups excluding carboxylic acids is 1. The molecular weight excluding hydrogens is 373 g/mol. The highest BCUT2D eigenvalue weighted by atomic mass is 79.9. The maximum absolute atomic E-state index is 12.9. The Morgan fingerprint density at radius 2 is 2.10 bits per heavy atom. The highest BCUT2D eigenvalue weighted by molar-refractivity contribution is 9.10. The Labute approximate surface area is 129 Å². The quantitative estimate of drug-likeness (QED) is 0.858. The van der Waals surface area contributed by atoms with Crippen LogP contribution in [0.15, 0.2) is 32.8 Å². The maximum atomic E-state index is 12.9. The zero-order valence-electron chi connectivity index (χ0n) is 10.3. The third-order valence-electron chi connectivity index (χ3n) is 2.54. The van der Waals surface area contributed by atoms with Gasteiger partial charge in [0.1, 0.15) is 0 Å². The van der Waals surface area contributed by atoms with Crippen LogP contribution in [0, 0.1) is 0 Å². The number of carbonyl (C=O) groups is 1. The summed E-state index contributed by atoms with van der Waals surface area (Å²) in [6.45, 7) is -0.0507. The van der Waals surface area contributed by atoms with Gasteiger partial charge in [-0.2, -0.15) is 13.2 Å². The summed E-state index contributed by atoms with van der Waals surface area (Å²) in [5, 5.41) is 3.84. The van der Waals surface area contributed by atoms with Crippen molar-refractivity contribution in [2.45, 2.75) is 12.7 Å². The van der Waals surface area contributed by atoms with Crippen LogP contribution in [0.3, 0.4) is 0 Å². The van der Waals surface area contributed by atoms with E-state index in [0.29, 0.717) is 5.69 Å². The molecule has 0 saturated heterocycles. The van der Waals surface area contributed by atoms with Crippen LogP contribution in [0.5, 0.6) is 0 Å². The number of aromatic amines is 1. The van der Waals surface area contributed by atoms with E-state index in [0.717, 1.165) is 23.5 Å². The first-order valence-corrected chi connectivity index (χ1v) is 7.26. The topological polar surface area (TPSA) is 62.0 Å². The first-order valence-electron chi connectivity index (χ1n) is 5.59. The van der Waals surface area contributed by atoms with E-state index >= 15 is 0 Å². The van der Waals surface area contributed by atoms with E-state index in [2.05, 4.69) is 26.2 Å². The van der Waals surface area contributed by atoms with Crippen molar-refractivity contribution in [2.24, 2.45) is 0 Å². The molecule has 1 amide bonds. The van der Waals surface area contributed by atoms with E-state index in [4.69, 9.17) is 0 Å². The fraction of sp³-hybridized carbons (Fsp3) is 0.167. The second-order valence-electron chi connectivity index (χ2n) is 4.04.